The number of rotatable bonds is 0. The number of para-hydroxylation sites is 1. The second kappa shape index (κ2) is 5.67. The Balaban J connectivity index is 0.000000637. The van der Waals surface area contributed by atoms with Crippen LogP contribution in [-0.4, -0.2) is 25.2 Å². The van der Waals surface area contributed by atoms with Crippen molar-refractivity contribution in [2.45, 2.75) is 6.42 Å². The normalized spacial score (nSPS) is 12.8. The number of hydrogen-bond donors (Lipinski definition) is 1. The van der Waals surface area contributed by atoms with Gasteiger partial charge in [0.2, 0.25) is 5.91 Å². The van der Waals surface area contributed by atoms with Crippen molar-refractivity contribution in [3.8, 4) is 11.1 Å². The quantitative estimate of drug-likeness (QED) is 0.785. The summed E-state index contributed by atoms with van der Waals surface area (Å²) < 4.78 is 0. The molecule has 0 atom stereocenters. The Hall–Kier alpha value is -2.13. The lowest BCUT2D eigenvalue weighted by molar-refractivity contribution is -0.117. The third-order valence-corrected chi connectivity index (χ3v) is 3.29. The smallest absolute Gasteiger partial charge is 0.231 e. The summed E-state index contributed by atoms with van der Waals surface area (Å²) in [5, 5.41) is 7.00. The van der Waals surface area contributed by atoms with Gasteiger partial charge in [-0.3, -0.25) is 4.79 Å². The molecule has 0 aromatic heterocycles. The van der Waals surface area contributed by atoms with Crippen LogP contribution in [0.5, 0.6) is 0 Å². The van der Waals surface area contributed by atoms with Crippen LogP contribution < -0.4 is 4.90 Å². The van der Waals surface area contributed by atoms with Crippen molar-refractivity contribution in [1.82, 2.24) is 0 Å². The molecular weight excluding hydrogens is 238 g/mol. The molecule has 3 heteroatoms. The van der Waals surface area contributed by atoms with Gasteiger partial charge >= 0.3 is 0 Å². The number of likely N-dealkylation sites (N-methyl/N-ethyl adjacent to an activating group) is 1. The number of nitrogens with zero attached hydrogens (tertiary/aromatic N) is 1. The van der Waals surface area contributed by atoms with E-state index >= 15 is 0 Å². The lowest BCUT2D eigenvalue weighted by Gasteiger charge is -2.17. The van der Waals surface area contributed by atoms with Gasteiger partial charge in [0.1, 0.15) is 0 Å². The molecule has 1 aliphatic heterocycles. The van der Waals surface area contributed by atoms with E-state index in [2.05, 4.69) is 12.1 Å². The molecule has 0 spiro atoms. The first-order valence-corrected chi connectivity index (χ1v) is 6.16. The van der Waals surface area contributed by atoms with Gasteiger partial charge in [-0.1, -0.05) is 42.5 Å². The number of amides is 1. The SMILES string of the molecule is CN1C(=O)Cc2ccccc2-c2ccccc21.CO. The van der Waals surface area contributed by atoms with Crippen LogP contribution in [0.4, 0.5) is 5.69 Å². The molecule has 2 aromatic carbocycles. The van der Waals surface area contributed by atoms with Gasteiger partial charge in [-0.25, -0.2) is 0 Å². The molecule has 1 N–H and O–H groups in total. The van der Waals surface area contributed by atoms with Crippen LogP contribution in [-0.2, 0) is 11.2 Å². The van der Waals surface area contributed by atoms with Crippen LogP contribution in [0.1, 0.15) is 5.56 Å². The van der Waals surface area contributed by atoms with E-state index in [1.54, 1.807) is 4.90 Å². The molecule has 3 nitrogen and oxygen atoms in total. The van der Waals surface area contributed by atoms with Gasteiger partial charge in [0, 0.05) is 19.7 Å². The number of aliphatic hydroxyl groups is 1. The summed E-state index contributed by atoms with van der Waals surface area (Å²) in [5.41, 5.74) is 4.40. The molecule has 2 aromatic rings. The number of aliphatic hydroxyl groups excluding tert-OH is 1. The van der Waals surface area contributed by atoms with Gasteiger partial charge in [0.05, 0.1) is 12.1 Å². The largest absolute Gasteiger partial charge is 0.400 e. The zero-order valence-corrected chi connectivity index (χ0v) is 11.1. The average Bonchev–Trinajstić information content (AvgIpc) is 2.58. The fourth-order valence-electron chi connectivity index (χ4n) is 2.35. The Bertz CT molecular complexity index is 593. The fraction of sp³-hybridized carbons (Fsp3) is 0.188. The van der Waals surface area contributed by atoms with E-state index in [-0.39, 0.29) is 5.91 Å². The topological polar surface area (TPSA) is 40.5 Å². The molecule has 0 bridgehead atoms. The predicted molar refractivity (Wildman–Crippen MR) is 77.1 cm³/mol. The lowest BCUT2D eigenvalue weighted by Crippen LogP contribution is -2.26. The summed E-state index contributed by atoms with van der Waals surface area (Å²) in [5.74, 6) is 0.141. The molecule has 1 amide bonds. The minimum Gasteiger partial charge on any atom is -0.400 e. The van der Waals surface area contributed by atoms with E-state index in [4.69, 9.17) is 5.11 Å². The average molecular weight is 255 g/mol. The van der Waals surface area contributed by atoms with Crippen molar-refractivity contribution in [1.29, 1.82) is 0 Å². The number of anilines is 1. The van der Waals surface area contributed by atoms with Gasteiger partial charge < -0.3 is 10.0 Å². The summed E-state index contributed by atoms with van der Waals surface area (Å²) in [6.45, 7) is 0. The van der Waals surface area contributed by atoms with E-state index in [1.807, 2.05) is 43.4 Å². The summed E-state index contributed by atoms with van der Waals surface area (Å²) >= 11 is 0. The van der Waals surface area contributed by atoms with Gasteiger partial charge in [0.15, 0.2) is 0 Å². The highest BCUT2D eigenvalue weighted by atomic mass is 16.2. The molecular formula is C16H17NO2. The minimum atomic E-state index is 0.141. The van der Waals surface area contributed by atoms with Crippen LogP contribution in [0.3, 0.4) is 0 Å². The predicted octanol–water partition coefficient (Wildman–Crippen LogP) is 2.48. The third-order valence-electron chi connectivity index (χ3n) is 3.29. The van der Waals surface area contributed by atoms with Crippen molar-refractivity contribution in [2.24, 2.45) is 0 Å². The van der Waals surface area contributed by atoms with Crippen LogP contribution in [0.15, 0.2) is 48.5 Å². The number of hydrogen-bond acceptors (Lipinski definition) is 2. The Morgan fingerprint density at radius 3 is 2.26 bits per heavy atom. The first-order valence-electron chi connectivity index (χ1n) is 6.16. The molecule has 98 valence electrons. The maximum Gasteiger partial charge on any atom is 0.231 e. The highest BCUT2D eigenvalue weighted by Gasteiger charge is 2.21. The van der Waals surface area contributed by atoms with Crippen LogP contribution in [0, 0.1) is 0 Å². The number of carbonyl (C=O) groups excluding carboxylic acids is 1. The molecule has 0 unspecified atom stereocenters. The molecule has 1 heterocycles. The second-order valence-electron chi connectivity index (χ2n) is 4.30. The van der Waals surface area contributed by atoms with E-state index in [9.17, 15) is 4.79 Å². The highest BCUT2D eigenvalue weighted by molar-refractivity contribution is 6.02. The van der Waals surface area contributed by atoms with Gasteiger partial charge in [-0.15, -0.1) is 0 Å². The monoisotopic (exact) mass is 255 g/mol. The molecule has 19 heavy (non-hydrogen) atoms. The Morgan fingerprint density at radius 2 is 1.53 bits per heavy atom. The van der Waals surface area contributed by atoms with Gasteiger partial charge in [-0.05, 0) is 17.2 Å². The molecule has 3 rings (SSSR count). The van der Waals surface area contributed by atoms with E-state index in [0.29, 0.717) is 6.42 Å². The first-order chi connectivity index (χ1) is 9.27. The maximum atomic E-state index is 12.1. The Labute approximate surface area is 113 Å². The standard InChI is InChI=1S/C15H13NO.CH4O/c1-16-14-9-5-4-8-13(14)12-7-3-2-6-11(12)10-15(16)17;1-2/h2-9H,10H2,1H3;2H,1H3. The van der Waals surface area contributed by atoms with E-state index < -0.39 is 0 Å². The first kappa shape index (κ1) is 13.3. The van der Waals surface area contributed by atoms with Crippen molar-refractivity contribution in [3.05, 3.63) is 54.1 Å². The van der Waals surface area contributed by atoms with Crippen LogP contribution in [0.25, 0.3) is 11.1 Å². The fourth-order valence-corrected chi connectivity index (χ4v) is 2.35. The minimum absolute atomic E-state index is 0.141. The number of benzene rings is 2. The molecule has 0 saturated carbocycles. The highest BCUT2D eigenvalue weighted by Crippen LogP contribution is 2.35. The molecule has 0 fully saturated rings. The lowest BCUT2D eigenvalue weighted by atomic mass is 9.98. The third kappa shape index (κ3) is 2.37. The summed E-state index contributed by atoms with van der Waals surface area (Å²) in [6.07, 6.45) is 0.474. The maximum absolute atomic E-state index is 12.1. The van der Waals surface area contributed by atoms with E-state index in [0.717, 1.165) is 23.9 Å². The second-order valence-corrected chi connectivity index (χ2v) is 4.30. The van der Waals surface area contributed by atoms with Crippen LogP contribution >= 0.6 is 0 Å². The van der Waals surface area contributed by atoms with Crippen molar-refractivity contribution in [2.75, 3.05) is 19.1 Å². The number of fused-ring (bicyclic) bond motifs is 3. The van der Waals surface area contributed by atoms with Crippen LogP contribution in [0.2, 0.25) is 0 Å². The van der Waals surface area contributed by atoms with Gasteiger partial charge in [-0.2, -0.15) is 0 Å². The Morgan fingerprint density at radius 1 is 0.947 bits per heavy atom. The Kier molecular flexibility index (Phi) is 3.97. The molecule has 0 aliphatic carbocycles. The molecule has 0 radical (unpaired) electrons. The van der Waals surface area contributed by atoms with Gasteiger partial charge in [0.25, 0.3) is 0 Å². The molecule has 0 saturated heterocycles. The zero-order chi connectivity index (χ0) is 13.8. The van der Waals surface area contributed by atoms with Crippen molar-refractivity contribution < 1.29 is 9.90 Å². The van der Waals surface area contributed by atoms with E-state index in [1.165, 1.54) is 5.56 Å². The zero-order valence-electron chi connectivity index (χ0n) is 11.1. The van der Waals surface area contributed by atoms with Crippen molar-refractivity contribution in [3.63, 3.8) is 0 Å². The summed E-state index contributed by atoms with van der Waals surface area (Å²) in [7, 11) is 2.84. The summed E-state index contributed by atoms with van der Waals surface area (Å²) in [6, 6.07) is 16.2. The van der Waals surface area contributed by atoms with Crippen molar-refractivity contribution >= 4 is 11.6 Å². The molecule has 1 aliphatic rings. The summed E-state index contributed by atoms with van der Waals surface area (Å²) in [4.78, 5) is 13.8. The number of carbonyl (C=O) groups is 1.